The molecule has 1 unspecified atom stereocenters. The van der Waals surface area contributed by atoms with Crippen LogP contribution in [0.4, 0.5) is 0 Å². The number of methoxy groups -OCH3 is 1. The van der Waals surface area contributed by atoms with E-state index >= 15 is 0 Å². The predicted octanol–water partition coefficient (Wildman–Crippen LogP) is -1.37. The number of ether oxygens (including phenoxy) is 1. The van der Waals surface area contributed by atoms with Gasteiger partial charge in [0.2, 0.25) is 0 Å². The van der Waals surface area contributed by atoms with Crippen LogP contribution in [0, 0.1) is 12.3 Å². The maximum atomic E-state index is 10.7. The minimum Gasteiger partial charge on any atom is -0.870 e. The number of Topliss-reactive ketones (excluding diaryl/α,β-unsaturated/α-hetero) is 1. The standard InChI is InChI=1S/C8H9N2O2.C4H6O.C2H6.H2O.Rb/c1-7(12)5-8(6-11)10-4-2-3-9-10;1-3-4-5-2;1-2;;/h2-4,8H,5H2,1H3;1H,4H2,2H3;1-2H3;1H2;/q-1;;;;+1/p-1. The first-order valence-electron chi connectivity index (χ1n) is 5.94. The van der Waals surface area contributed by atoms with Gasteiger partial charge < -0.3 is 19.8 Å². The van der Waals surface area contributed by atoms with E-state index in [9.17, 15) is 9.59 Å². The third kappa shape index (κ3) is 17.8. The summed E-state index contributed by atoms with van der Waals surface area (Å²) in [6.07, 6.45) is 9.88. The molecule has 1 N–H and O–H groups in total. The fraction of sp³-hybridized carbons (Fsp3) is 0.500. The van der Waals surface area contributed by atoms with Crippen molar-refractivity contribution in [3.8, 4) is 12.3 Å². The third-order valence-electron chi connectivity index (χ3n) is 1.69. The van der Waals surface area contributed by atoms with Crippen molar-refractivity contribution in [2.75, 3.05) is 13.7 Å². The smallest absolute Gasteiger partial charge is 0.870 e. The van der Waals surface area contributed by atoms with Gasteiger partial charge in [-0.1, -0.05) is 19.8 Å². The van der Waals surface area contributed by atoms with Crippen molar-refractivity contribution in [3.63, 3.8) is 0 Å². The van der Waals surface area contributed by atoms with Gasteiger partial charge in [0.1, 0.15) is 12.4 Å². The van der Waals surface area contributed by atoms with Crippen LogP contribution in [-0.4, -0.2) is 41.0 Å². The number of aromatic nitrogens is 2. The first kappa shape index (κ1) is 28.9. The molecular formula is C14H22N2O4Rb-. The molecule has 0 saturated carbocycles. The fourth-order valence-electron chi connectivity index (χ4n) is 1.01. The Morgan fingerprint density at radius 2 is 2.10 bits per heavy atom. The van der Waals surface area contributed by atoms with E-state index in [0.29, 0.717) is 6.61 Å². The van der Waals surface area contributed by atoms with Crippen molar-refractivity contribution < 1.29 is 78.0 Å². The molecule has 0 radical (unpaired) electrons. The van der Waals surface area contributed by atoms with Gasteiger partial charge in [0.05, 0.1) is 0 Å². The molecule has 0 bridgehead atoms. The number of ketones is 1. The van der Waals surface area contributed by atoms with Gasteiger partial charge in [-0.3, -0.25) is 4.68 Å². The number of hydrogen-bond acceptors (Lipinski definition) is 5. The molecule has 0 aliphatic rings. The van der Waals surface area contributed by atoms with Crippen LogP contribution < -0.4 is 58.2 Å². The molecule has 1 rings (SSSR count). The maximum absolute atomic E-state index is 10.7. The van der Waals surface area contributed by atoms with Crippen molar-refractivity contribution in [1.82, 2.24) is 9.78 Å². The summed E-state index contributed by atoms with van der Waals surface area (Å²) in [5.74, 6) is 2.25. The van der Waals surface area contributed by atoms with Crippen molar-refractivity contribution in [3.05, 3.63) is 18.5 Å². The zero-order valence-corrected chi connectivity index (χ0v) is 18.3. The van der Waals surface area contributed by atoms with Crippen LogP contribution in [0.3, 0.4) is 0 Å². The summed E-state index contributed by atoms with van der Waals surface area (Å²) < 4.78 is 5.88. The van der Waals surface area contributed by atoms with Crippen LogP contribution >= 0.6 is 0 Å². The van der Waals surface area contributed by atoms with E-state index in [1.807, 2.05) is 13.8 Å². The Balaban J connectivity index is -0.000000139. The SMILES string of the molecule is C#CCOC.CC.CC(=O)CC([C-]=O)n1cccn1.[OH-].[Rb+]. The molecular weight excluding hydrogens is 346 g/mol. The minimum absolute atomic E-state index is 0. The molecule has 0 spiro atoms. The van der Waals surface area contributed by atoms with Gasteiger partial charge in [-0.25, -0.2) is 6.29 Å². The van der Waals surface area contributed by atoms with E-state index in [0.717, 1.165) is 0 Å². The topological polar surface area (TPSA) is 91.2 Å². The summed E-state index contributed by atoms with van der Waals surface area (Å²) in [6, 6.07) is 1.13. The average Bonchev–Trinajstić information content (AvgIpc) is 2.93. The zero-order chi connectivity index (χ0) is 15.1. The molecule has 114 valence electrons. The molecule has 0 aliphatic heterocycles. The summed E-state index contributed by atoms with van der Waals surface area (Å²) in [5, 5.41) is 3.84. The molecule has 1 aromatic rings. The largest absolute Gasteiger partial charge is 1.00 e. The van der Waals surface area contributed by atoms with Crippen LogP contribution in [0.5, 0.6) is 0 Å². The second kappa shape index (κ2) is 22.1. The Morgan fingerprint density at radius 1 is 1.52 bits per heavy atom. The molecule has 1 aromatic heterocycles. The molecule has 6 nitrogen and oxygen atoms in total. The summed E-state index contributed by atoms with van der Waals surface area (Å²) >= 11 is 0. The molecule has 1 heterocycles. The van der Waals surface area contributed by atoms with E-state index < -0.39 is 6.04 Å². The molecule has 0 amide bonds. The first-order valence-corrected chi connectivity index (χ1v) is 5.94. The van der Waals surface area contributed by atoms with Crippen molar-refractivity contribution in [2.24, 2.45) is 0 Å². The maximum Gasteiger partial charge on any atom is 1.00 e. The number of carbonyl (C=O) groups excluding carboxylic acids is 2. The Bertz CT molecular complexity index is 375. The Hall–Kier alpha value is -0.165. The third-order valence-corrected chi connectivity index (χ3v) is 1.69. The van der Waals surface area contributed by atoms with Gasteiger partial charge in [-0.05, 0) is 19.0 Å². The van der Waals surface area contributed by atoms with Crippen molar-refractivity contribution >= 4 is 12.1 Å². The number of carbonyl (C=O) groups is 1. The first-order chi connectivity index (χ1) is 9.15. The van der Waals surface area contributed by atoms with Crippen molar-refractivity contribution in [1.29, 1.82) is 0 Å². The monoisotopic (exact) mass is 367 g/mol. The summed E-state index contributed by atoms with van der Waals surface area (Å²) in [6.45, 7) is 5.86. The van der Waals surface area contributed by atoms with Gasteiger partial charge in [0, 0.05) is 25.9 Å². The Kier molecular flexibility index (Phi) is 30.5. The van der Waals surface area contributed by atoms with Crippen molar-refractivity contribution in [2.45, 2.75) is 33.2 Å². The predicted molar refractivity (Wildman–Crippen MR) is 76.2 cm³/mol. The van der Waals surface area contributed by atoms with E-state index in [2.05, 4.69) is 15.8 Å². The van der Waals surface area contributed by atoms with Gasteiger partial charge in [0.25, 0.3) is 0 Å². The van der Waals surface area contributed by atoms with Crippen LogP contribution in [0.25, 0.3) is 0 Å². The van der Waals surface area contributed by atoms with E-state index in [1.54, 1.807) is 31.9 Å². The van der Waals surface area contributed by atoms with E-state index in [1.165, 1.54) is 11.6 Å². The van der Waals surface area contributed by atoms with Gasteiger partial charge >= 0.3 is 58.2 Å². The molecule has 0 aliphatic carbocycles. The Morgan fingerprint density at radius 3 is 2.33 bits per heavy atom. The van der Waals surface area contributed by atoms with Gasteiger partial charge in [0.15, 0.2) is 0 Å². The van der Waals surface area contributed by atoms with Crippen LogP contribution in [0.15, 0.2) is 18.5 Å². The summed E-state index contributed by atoms with van der Waals surface area (Å²) in [4.78, 5) is 21.1. The molecule has 0 aromatic carbocycles. The summed E-state index contributed by atoms with van der Waals surface area (Å²) in [7, 11) is 1.57. The quantitative estimate of drug-likeness (QED) is 0.473. The molecule has 0 saturated heterocycles. The van der Waals surface area contributed by atoms with Gasteiger partial charge in [-0.15, -0.1) is 6.42 Å². The number of rotatable bonds is 5. The minimum atomic E-state index is -0.572. The summed E-state index contributed by atoms with van der Waals surface area (Å²) in [5.41, 5.74) is 0. The number of terminal acetylenes is 1. The number of nitrogens with zero attached hydrogens (tertiary/aromatic N) is 2. The second-order valence-electron chi connectivity index (χ2n) is 3.16. The Labute approximate surface area is 175 Å². The molecule has 0 fully saturated rings. The fourth-order valence-corrected chi connectivity index (χ4v) is 1.01. The normalized spacial score (nSPS) is 8.90. The average molecular weight is 368 g/mol. The van der Waals surface area contributed by atoms with Crippen LogP contribution in [0.1, 0.15) is 33.2 Å². The molecule has 21 heavy (non-hydrogen) atoms. The zero-order valence-electron chi connectivity index (χ0n) is 13.4. The molecule has 7 heteroatoms. The number of hydrogen-bond donors (Lipinski definition) is 0. The second-order valence-corrected chi connectivity index (χ2v) is 3.16. The molecule has 1 atom stereocenters. The van der Waals surface area contributed by atoms with Crippen LogP contribution in [-0.2, 0) is 14.3 Å². The van der Waals surface area contributed by atoms with Gasteiger partial charge in [-0.2, -0.15) is 5.10 Å². The van der Waals surface area contributed by atoms with E-state index in [-0.39, 0.29) is 75.9 Å². The van der Waals surface area contributed by atoms with E-state index in [4.69, 9.17) is 6.42 Å². The van der Waals surface area contributed by atoms with Crippen LogP contribution in [0.2, 0.25) is 0 Å².